The van der Waals surface area contributed by atoms with Crippen LogP contribution >= 0.6 is 15.9 Å². The van der Waals surface area contributed by atoms with Crippen LogP contribution in [0.5, 0.6) is 0 Å². The maximum absolute atomic E-state index is 11.8. The van der Waals surface area contributed by atoms with Gasteiger partial charge in [0, 0.05) is 23.3 Å². The van der Waals surface area contributed by atoms with Crippen LogP contribution in [-0.2, 0) is 11.3 Å². The van der Waals surface area contributed by atoms with Crippen LogP contribution in [0.4, 0.5) is 0 Å². The quantitative estimate of drug-likeness (QED) is 0.839. The van der Waals surface area contributed by atoms with Gasteiger partial charge in [0.25, 0.3) is 5.56 Å². The molecule has 0 unspecified atom stereocenters. The molecule has 20 heavy (non-hydrogen) atoms. The highest BCUT2D eigenvalue weighted by Gasteiger charge is 2.06. The van der Waals surface area contributed by atoms with Gasteiger partial charge in [-0.15, -0.1) is 0 Å². The Morgan fingerprint density at radius 2 is 2.20 bits per heavy atom. The molecule has 0 aromatic carbocycles. The summed E-state index contributed by atoms with van der Waals surface area (Å²) < 4.78 is 2.19. The predicted octanol–water partition coefficient (Wildman–Crippen LogP) is 2.62. The lowest BCUT2D eigenvalue weighted by atomic mass is 9.97. The molecule has 0 spiro atoms. The molecule has 4 nitrogen and oxygen atoms in total. The monoisotopic (exact) mass is 338 g/mol. The summed E-state index contributed by atoms with van der Waals surface area (Å²) in [7, 11) is 0. The van der Waals surface area contributed by atoms with E-state index in [9.17, 15) is 9.59 Å². The molecule has 0 atom stereocenters. The number of nitrogens with zero attached hydrogens (tertiary/aromatic N) is 1. The number of hydrogen-bond donors (Lipinski definition) is 1. The predicted molar refractivity (Wildman–Crippen MR) is 82.6 cm³/mol. The third-order valence-corrected chi connectivity index (χ3v) is 3.88. The molecule has 1 heterocycles. The van der Waals surface area contributed by atoms with Crippen LogP contribution in [0.1, 0.15) is 32.1 Å². The van der Waals surface area contributed by atoms with Crippen LogP contribution in [0.25, 0.3) is 0 Å². The molecule has 1 aromatic rings. The fourth-order valence-electron chi connectivity index (χ4n) is 2.33. The van der Waals surface area contributed by atoms with E-state index in [1.807, 2.05) is 0 Å². The number of nitrogens with one attached hydrogen (secondary N) is 1. The molecule has 1 aromatic heterocycles. The van der Waals surface area contributed by atoms with Crippen molar-refractivity contribution in [1.29, 1.82) is 0 Å². The van der Waals surface area contributed by atoms with Crippen LogP contribution in [0.2, 0.25) is 0 Å². The molecule has 0 saturated carbocycles. The second-order valence-electron chi connectivity index (χ2n) is 5.02. The fraction of sp³-hybridized carbons (Fsp3) is 0.467. The minimum atomic E-state index is -0.168. The number of aromatic nitrogens is 1. The lowest BCUT2D eigenvalue weighted by Gasteiger charge is -2.13. The first-order valence-electron chi connectivity index (χ1n) is 6.96. The first-order valence-corrected chi connectivity index (χ1v) is 7.75. The zero-order valence-electron chi connectivity index (χ0n) is 11.4. The number of rotatable bonds is 5. The van der Waals surface area contributed by atoms with Crippen molar-refractivity contribution in [2.24, 2.45) is 0 Å². The fourth-order valence-corrected chi connectivity index (χ4v) is 2.71. The van der Waals surface area contributed by atoms with Crippen molar-refractivity contribution >= 4 is 21.8 Å². The van der Waals surface area contributed by atoms with E-state index in [2.05, 4.69) is 27.3 Å². The summed E-state index contributed by atoms with van der Waals surface area (Å²) >= 11 is 3.29. The lowest BCUT2D eigenvalue weighted by Crippen LogP contribution is -2.32. The molecule has 1 aliphatic rings. The largest absolute Gasteiger partial charge is 0.354 e. The van der Waals surface area contributed by atoms with Gasteiger partial charge in [0.2, 0.25) is 5.91 Å². The Hall–Kier alpha value is -1.36. The second kappa shape index (κ2) is 7.43. The van der Waals surface area contributed by atoms with Crippen LogP contribution < -0.4 is 10.9 Å². The van der Waals surface area contributed by atoms with E-state index < -0.39 is 0 Å². The topological polar surface area (TPSA) is 51.1 Å². The van der Waals surface area contributed by atoms with E-state index in [-0.39, 0.29) is 18.0 Å². The zero-order chi connectivity index (χ0) is 14.4. The third kappa shape index (κ3) is 4.63. The van der Waals surface area contributed by atoms with Gasteiger partial charge in [0.1, 0.15) is 6.54 Å². The number of halogens is 1. The minimum Gasteiger partial charge on any atom is -0.354 e. The highest BCUT2D eigenvalue weighted by Crippen LogP contribution is 2.19. The van der Waals surface area contributed by atoms with Gasteiger partial charge in [-0.25, -0.2) is 0 Å². The summed E-state index contributed by atoms with van der Waals surface area (Å²) in [4.78, 5) is 23.4. The average Bonchev–Trinajstić information content (AvgIpc) is 2.44. The second-order valence-corrected chi connectivity index (χ2v) is 5.94. The number of allylic oxidation sites excluding steroid dienone is 1. The molecule has 0 aliphatic heterocycles. The number of pyridine rings is 1. The Bertz CT molecular complexity index is 563. The molecule has 1 aliphatic carbocycles. The molecule has 0 saturated heterocycles. The van der Waals surface area contributed by atoms with Crippen molar-refractivity contribution in [1.82, 2.24) is 9.88 Å². The zero-order valence-corrected chi connectivity index (χ0v) is 13.0. The van der Waals surface area contributed by atoms with Gasteiger partial charge in [-0.05, 0) is 54.1 Å². The van der Waals surface area contributed by atoms with Gasteiger partial charge in [-0.1, -0.05) is 11.6 Å². The number of carbonyl (C=O) groups is 1. The van der Waals surface area contributed by atoms with Gasteiger partial charge in [-0.3, -0.25) is 9.59 Å². The maximum Gasteiger partial charge on any atom is 0.251 e. The van der Waals surface area contributed by atoms with Crippen molar-refractivity contribution in [2.45, 2.75) is 38.6 Å². The van der Waals surface area contributed by atoms with E-state index in [0.717, 1.165) is 23.7 Å². The summed E-state index contributed by atoms with van der Waals surface area (Å²) in [5.74, 6) is -0.124. The highest BCUT2D eigenvalue weighted by atomic mass is 79.9. The summed E-state index contributed by atoms with van der Waals surface area (Å²) in [5, 5.41) is 2.87. The third-order valence-electron chi connectivity index (χ3n) is 3.41. The maximum atomic E-state index is 11.8. The molecule has 108 valence electrons. The van der Waals surface area contributed by atoms with E-state index in [4.69, 9.17) is 0 Å². The minimum absolute atomic E-state index is 0.0668. The van der Waals surface area contributed by atoms with Crippen LogP contribution in [0, 0.1) is 0 Å². The summed E-state index contributed by atoms with van der Waals surface area (Å²) in [6.07, 6.45) is 9.69. The Kier molecular flexibility index (Phi) is 5.59. The molecule has 0 bridgehead atoms. The molecule has 0 fully saturated rings. The first-order chi connectivity index (χ1) is 9.65. The lowest BCUT2D eigenvalue weighted by molar-refractivity contribution is -0.121. The molecule has 2 rings (SSSR count). The van der Waals surface area contributed by atoms with Gasteiger partial charge in [-0.2, -0.15) is 0 Å². The van der Waals surface area contributed by atoms with Crippen molar-refractivity contribution in [3.8, 4) is 0 Å². The normalized spacial score (nSPS) is 14.8. The molecule has 0 radical (unpaired) electrons. The highest BCUT2D eigenvalue weighted by molar-refractivity contribution is 9.10. The van der Waals surface area contributed by atoms with Crippen LogP contribution in [0.15, 0.2) is 39.2 Å². The van der Waals surface area contributed by atoms with E-state index >= 15 is 0 Å². The van der Waals surface area contributed by atoms with Crippen LogP contribution in [-0.4, -0.2) is 17.0 Å². The van der Waals surface area contributed by atoms with Crippen molar-refractivity contribution in [3.05, 3.63) is 44.8 Å². The van der Waals surface area contributed by atoms with Crippen molar-refractivity contribution < 1.29 is 4.79 Å². The van der Waals surface area contributed by atoms with Gasteiger partial charge in [0.05, 0.1) is 0 Å². The van der Waals surface area contributed by atoms with Gasteiger partial charge in [0.15, 0.2) is 0 Å². The first kappa shape index (κ1) is 15.0. The standard InChI is InChI=1S/C15H19BrN2O2/c16-13-6-7-15(20)18(10-13)11-14(19)17-9-8-12-4-2-1-3-5-12/h4,6-7,10H,1-3,5,8-9,11H2,(H,17,19). The summed E-state index contributed by atoms with van der Waals surface area (Å²) in [5.41, 5.74) is 1.27. The average molecular weight is 339 g/mol. The van der Waals surface area contributed by atoms with Crippen LogP contribution in [0.3, 0.4) is 0 Å². The van der Waals surface area contributed by atoms with E-state index in [1.54, 1.807) is 12.3 Å². The number of carbonyl (C=O) groups excluding carboxylic acids is 1. The Labute approximate surface area is 127 Å². The molecule has 1 N–H and O–H groups in total. The molecular weight excluding hydrogens is 320 g/mol. The Morgan fingerprint density at radius 1 is 1.35 bits per heavy atom. The van der Waals surface area contributed by atoms with Crippen molar-refractivity contribution in [2.75, 3.05) is 6.54 Å². The smallest absolute Gasteiger partial charge is 0.251 e. The number of amides is 1. The van der Waals surface area contributed by atoms with E-state index in [1.165, 1.54) is 29.0 Å². The summed E-state index contributed by atoms with van der Waals surface area (Å²) in [6.45, 7) is 0.713. The number of hydrogen-bond acceptors (Lipinski definition) is 2. The molecule has 5 heteroatoms. The Morgan fingerprint density at radius 3 is 2.95 bits per heavy atom. The van der Waals surface area contributed by atoms with Gasteiger partial charge >= 0.3 is 0 Å². The SMILES string of the molecule is O=C(Cn1cc(Br)ccc1=O)NCCC1=CCCCC1. The van der Waals surface area contributed by atoms with Gasteiger partial charge < -0.3 is 9.88 Å². The summed E-state index contributed by atoms with van der Waals surface area (Å²) in [6, 6.07) is 3.12. The molecule has 1 amide bonds. The Balaban J connectivity index is 1.79. The van der Waals surface area contributed by atoms with Crippen molar-refractivity contribution in [3.63, 3.8) is 0 Å². The molecular formula is C15H19BrN2O2. The van der Waals surface area contributed by atoms with E-state index in [0.29, 0.717) is 6.54 Å².